The highest BCUT2D eigenvalue weighted by molar-refractivity contribution is 7.92. The molecule has 0 aliphatic carbocycles. The second kappa shape index (κ2) is 13.4. The summed E-state index contributed by atoms with van der Waals surface area (Å²) in [6, 6.07) is 12.7. The fourth-order valence-corrected chi connectivity index (χ4v) is 5.75. The van der Waals surface area contributed by atoms with Gasteiger partial charge in [-0.15, -0.1) is 0 Å². The quantitative estimate of drug-likeness (QED) is 0.275. The van der Waals surface area contributed by atoms with Crippen LogP contribution in [0.2, 0.25) is 10.0 Å². The lowest BCUT2D eigenvalue weighted by Gasteiger charge is -2.32. The summed E-state index contributed by atoms with van der Waals surface area (Å²) < 4.78 is 69.0. The molecule has 1 N–H and O–H groups in total. The first-order valence-electron chi connectivity index (χ1n) is 12.8. The molecule has 3 aromatic carbocycles. The normalized spacial score (nSPS) is 12.6. The predicted octanol–water partition coefficient (Wildman–Crippen LogP) is 6.46. The highest BCUT2D eigenvalue weighted by Crippen LogP contribution is 2.33. The summed E-state index contributed by atoms with van der Waals surface area (Å²) in [4.78, 5) is 27.8. The van der Waals surface area contributed by atoms with Crippen LogP contribution in [0.4, 0.5) is 18.9 Å². The van der Waals surface area contributed by atoms with Crippen molar-refractivity contribution < 1.29 is 31.2 Å². The van der Waals surface area contributed by atoms with E-state index >= 15 is 0 Å². The highest BCUT2D eigenvalue weighted by Gasteiger charge is 2.35. The Hall–Kier alpha value is -3.28. The number of benzene rings is 3. The highest BCUT2D eigenvalue weighted by atomic mass is 35.5. The Morgan fingerprint density at radius 3 is 2.14 bits per heavy atom. The number of halogens is 5. The summed E-state index contributed by atoms with van der Waals surface area (Å²) in [5.41, 5.74) is -0.205. The van der Waals surface area contributed by atoms with Crippen LogP contribution in [-0.2, 0) is 32.3 Å². The number of sulfonamides is 1. The van der Waals surface area contributed by atoms with Crippen molar-refractivity contribution in [1.82, 2.24) is 10.2 Å². The Labute approximate surface area is 253 Å². The third-order valence-electron chi connectivity index (χ3n) is 6.28. The van der Waals surface area contributed by atoms with Gasteiger partial charge in [0, 0.05) is 12.6 Å². The van der Waals surface area contributed by atoms with Gasteiger partial charge in [-0.1, -0.05) is 53.0 Å². The number of nitrogens with zero attached hydrogens (tertiary/aromatic N) is 2. The molecule has 0 spiro atoms. The molecule has 2 amide bonds. The second-order valence-electron chi connectivity index (χ2n) is 9.98. The van der Waals surface area contributed by atoms with Crippen molar-refractivity contribution in [3.05, 3.63) is 93.5 Å². The van der Waals surface area contributed by atoms with Gasteiger partial charge in [0.2, 0.25) is 11.8 Å². The number of alkyl halides is 3. The SMILES string of the molecule is Cc1ccc(S(=O)(=O)N(CC(=O)N(Cc2ccc(Cl)c(Cl)c2)C(C)C(=O)NC(C)C)c2cccc(C(F)(F)F)c2)cc1. The zero-order valence-corrected chi connectivity index (χ0v) is 25.6. The molecule has 13 heteroatoms. The average molecular weight is 645 g/mol. The molecular weight excluding hydrogens is 614 g/mol. The first-order chi connectivity index (χ1) is 19.5. The summed E-state index contributed by atoms with van der Waals surface area (Å²) in [6.07, 6.45) is -4.76. The molecule has 0 radical (unpaired) electrons. The van der Waals surface area contributed by atoms with Crippen LogP contribution in [0.3, 0.4) is 0 Å². The van der Waals surface area contributed by atoms with Crippen LogP contribution >= 0.6 is 23.2 Å². The first kappa shape index (κ1) is 33.2. The van der Waals surface area contributed by atoms with Crippen molar-refractivity contribution in [2.45, 2.75) is 57.4 Å². The molecule has 1 atom stereocenters. The van der Waals surface area contributed by atoms with E-state index in [2.05, 4.69) is 5.32 Å². The number of carbonyl (C=O) groups is 2. The molecule has 0 saturated carbocycles. The number of nitrogens with one attached hydrogen (secondary N) is 1. The van der Waals surface area contributed by atoms with Gasteiger partial charge in [-0.25, -0.2) is 8.42 Å². The lowest BCUT2D eigenvalue weighted by Crippen LogP contribution is -2.52. The topological polar surface area (TPSA) is 86.8 Å². The second-order valence-corrected chi connectivity index (χ2v) is 12.7. The van der Waals surface area contributed by atoms with E-state index in [4.69, 9.17) is 23.2 Å². The van der Waals surface area contributed by atoms with Gasteiger partial charge in [-0.2, -0.15) is 13.2 Å². The Balaban J connectivity index is 2.11. The van der Waals surface area contributed by atoms with E-state index in [9.17, 15) is 31.2 Å². The molecule has 0 fully saturated rings. The molecule has 0 aliphatic heterocycles. The van der Waals surface area contributed by atoms with E-state index < -0.39 is 46.2 Å². The van der Waals surface area contributed by atoms with Crippen molar-refractivity contribution in [2.75, 3.05) is 10.8 Å². The van der Waals surface area contributed by atoms with Crippen LogP contribution in [0.15, 0.2) is 71.6 Å². The maximum atomic E-state index is 13.9. The predicted molar refractivity (Wildman–Crippen MR) is 157 cm³/mol. The van der Waals surface area contributed by atoms with E-state index in [1.54, 1.807) is 26.8 Å². The fourth-order valence-electron chi connectivity index (χ4n) is 4.03. The van der Waals surface area contributed by atoms with Gasteiger partial charge in [0.15, 0.2) is 0 Å². The Kier molecular flexibility index (Phi) is 10.6. The van der Waals surface area contributed by atoms with Crippen LogP contribution in [-0.4, -0.2) is 43.8 Å². The van der Waals surface area contributed by atoms with Gasteiger partial charge in [-0.05, 0) is 75.7 Å². The molecule has 42 heavy (non-hydrogen) atoms. The fraction of sp³-hybridized carbons (Fsp3) is 0.310. The molecule has 3 rings (SSSR count). The standard InChI is InChI=1S/C29H30Cl2F3N3O4S/c1-18(2)35-28(39)20(4)36(16-21-10-13-25(30)26(31)14-21)27(38)17-37(23-7-5-6-22(15-23)29(32,33)34)42(40,41)24-11-8-19(3)9-12-24/h5-15,18,20H,16-17H2,1-4H3,(H,35,39). The van der Waals surface area contributed by atoms with Crippen LogP contribution in [0.25, 0.3) is 0 Å². The van der Waals surface area contributed by atoms with Crippen molar-refractivity contribution in [2.24, 2.45) is 0 Å². The van der Waals surface area contributed by atoms with Crippen LogP contribution in [0.1, 0.15) is 37.5 Å². The van der Waals surface area contributed by atoms with Crippen LogP contribution < -0.4 is 9.62 Å². The van der Waals surface area contributed by atoms with Gasteiger partial charge >= 0.3 is 6.18 Å². The average Bonchev–Trinajstić information content (AvgIpc) is 2.91. The van der Waals surface area contributed by atoms with E-state index in [1.165, 1.54) is 49.4 Å². The number of anilines is 1. The lowest BCUT2D eigenvalue weighted by atomic mass is 10.1. The number of hydrogen-bond donors (Lipinski definition) is 1. The van der Waals surface area contributed by atoms with Crippen molar-refractivity contribution >= 4 is 50.7 Å². The third kappa shape index (κ3) is 8.17. The van der Waals surface area contributed by atoms with Gasteiger partial charge in [0.05, 0.1) is 26.2 Å². The number of hydrogen-bond acceptors (Lipinski definition) is 4. The molecule has 1 unspecified atom stereocenters. The van der Waals surface area contributed by atoms with E-state index in [0.717, 1.165) is 22.6 Å². The van der Waals surface area contributed by atoms with Gasteiger partial charge in [0.25, 0.3) is 10.0 Å². The zero-order chi connectivity index (χ0) is 31.4. The lowest BCUT2D eigenvalue weighted by molar-refractivity contribution is -0.139. The molecule has 0 saturated heterocycles. The molecule has 7 nitrogen and oxygen atoms in total. The number of amides is 2. The van der Waals surface area contributed by atoms with E-state index in [-0.39, 0.29) is 33.2 Å². The molecular formula is C29H30Cl2F3N3O4S. The summed E-state index contributed by atoms with van der Waals surface area (Å²) in [5, 5.41) is 3.19. The molecule has 0 heterocycles. The maximum Gasteiger partial charge on any atom is 0.416 e. The molecule has 0 bridgehead atoms. The van der Waals surface area contributed by atoms with Gasteiger partial charge < -0.3 is 10.2 Å². The third-order valence-corrected chi connectivity index (χ3v) is 8.81. The Bertz CT molecular complexity index is 1550. The maximum absolute atomic E-state index is 13.9. The van der Waals surface area contributed by atoms with Crippen LogP contribution in [0.5, 0.6) is 0 Å². The largest absolute Gasteiger partial charge is 0.416 e. The minimum absolute atomic E-state index is 0.163. The zero-order valence-electron chi connectivity index (χ0n) is 23.2. The summed E-state index contributed by atoms with van der Waals surface area (Å²) in [7, 11) is -4.53. The smallest absolute Gasteiger partial charge is 0.352 e. The summed E-state index contributed by atoms with van der Waals surface area (Å²) in [6.45, 7) is 5.63. The summed E-state index contributed by atoms with van der Waals surface area (Å²) in [5.74, 6) is -1.34. The molecule has 226 valence electrons. The number of carbonyl (C=O) groups excluding carboxylic acids is 2. The Morgan fingerprint density at radius 2 is 1.57 bits per heavy atom. The number of aryl methyl sites for hydroxylation is 1. The molecule has 0 aliphatic rings. The van der Waals surface area contributed by atoms with Crippen molar-refractivity contribution in [3.8, 4) is 0 Å². The van der Waals surface area contributed by atoms with Crippen LogP contribution in [0, 0.1) is 6.92 Å². The van der Waals surface area contributed by atoms with Gasteiger partial charge in [-0.3, -0.25) is 13.9 Å². The van der Waals surface area contributed by atoms with Crippen molar-refractivity contribution in [3.63, 3.8) is 0 Å². The minimum Gasteiger partial charge on any atom is -0.352 e. The molecule has 0 aromatic heterocycles. The van der Waals surface area contributed by atoms with E-state index in [0.29, 0.717) is 15.9 Å². The molecule has 3 aromatic rings. The van der Waals surface area contributed by atoms with Crippen molar-refractivity contribution in [1.29, 1.82) is 0 Å². The Morgan fingerprint density at radius 1 is 0.929 bits per heavy atom. The number of rotatable bonds is 10. The van der Waals surface area contributed by atoms with Gasteiger partial charge in [0.1, 0.15) is 12.6 Å². The van der Waals surface area contributed by atoms with E-state index in [1.807, 2.05) is 0 Å². The minimum atomic E-state index is -4.76. The first-order valence-corrected chi connectivity index (χ1v) is 15.0. The summed E-state index contributed by atoms with van der Waals surface area (Å²) >= 11 is 12.2. The monoisotopic (exact) mass is 643 g/mol.